The average molecular weight is 234 g/mol. The number of hydrogen-bond acceptors (Lipinski definition) is 1. The van der Waals surface area contributed by atoms with E-state index >= 15 is 0 Å². The predicted molar refractivity (Wildman–Crippen MR) is 65.3 cm³/mol. The fourth-order valence-corrected chi connectivity index (χ4v) is 2.59. The van der Waals surface area contributed by atoms with E-state index < -0.39 is 0 Å². The Morgan fingerprint density at radius 1 is 1.31 bits per heavy atom. The number of halogens is 1. The van der Waals surface area contributed by atoms with Crippen LogP contribution in [0.5, 0.6) is 0 Å². The lowest BCUT2D eigenvalue weighted by Gasteiger charge is -2.09. The number of carbonyl (C=O) groups is 1. The fraction of sp³-hybridized carbons (Fsp3) is 0.308. The standard InChI is InChI=1S/C13H12ClNO/c1-7-5-9-8-3-2-4-12(16)13(8)15-11(9)6-10(7)14/h5-6,15H,2-4H2,1H3. The maximum Gasteiger partial charge on any atom is 0.179 e. The molecule has 0 saturated carbocycles. The minimum absolute atomic E-state index is 0.228. The zero-order valence-electron chi connectivity index (χ0n) is 9.06. The number of rotatable bonds is 0. The second-order valence-electron chi connectivity index (χ2n) is 4.40. The van der Waals surface area contributed by atoms with Gasteiger partial charge in [0.1, 0.15) is 0 Å². The Balaban J connectivity index is 2.36. The molecule has 0 atom stereocenters. The van der Waals surface area contributed by atoms with Crippen molar-refractivity contribution < 1.29 is 4.79 Å². The van der Waals surface area contributed by atoms with Gasteiger partial charge in [0.05, 0.1) is 5.69 Å². The molecule has 1 aliphatic carbocycles. The van der Waals surface area contributed by atoms with E-state index in [0.29, 0.717) is 6.42 Å². The van der Waals surface area contributed by atoms with Gasteiger partial charge in [-0.1, -0.05) is 11.6 Å². The van der Waals surface area contributed by atoms with E-state index in [9.17, 15) is 4.79 Å². The molecule has 82 valence electrons. The minimum Gasteiger partial charge on any atom is -0.352 e. The summed E-state index contributed by atoms with van der Waals surface area (Å²) in [4.78, 5) is 15.0. The van der Waals surface area contributed by atoms with E-state index in [1.165, 1.54) is 5.56 Å². The van der Waals surface area contributed by atoms with Crippen LogP contribution in [-0.4, -0.2) is 10.8 Å². The molecule has 0 unspecified atom stereocenters. The quantitative estimate of drug-likeness (QED) is 0.740. The monoisotopic (exact) mass is 233 g/mol. The number of hydrogen-bond donors (Lipinski definition) is 1. The molecular formula is C13H12ClNO. The largest absolute Gasteiger partial charge is 0.352 e. The summed E-state index contributed by atoms with van der Waals surface area (Å²) in [6.07, 6.45) is 2.61. The summed E-state index contributed by atoms with van der Waals surface area (Å²) in [5.74, 6) is 0.228. The highest BCUT2D eigenvalue weighted by Crippen LogP contribution is 2.32. The van der Waals surface area contributed by atoms with Crippen molar-refractivity contribution in [1.82, 2.24) is 4.98 Å². The minimum atomic E-state index is 0.228. The molecule has 1 aliphatic rings. The summed E-state index contributed by atoms with van der Waals surface area (Å²) in [6.45, 7) is 1.99. The first-order valence-corrected chi connectivity index (χ1v) is 5.88. The van der Waals surface area contributed by atoms with Crippen molar-refractivity contribution in [3.8, 4) is 0 Å². The predicted octanol–water partition coefficient (Wildman–Crippen LogP) is 3.65. The third-order valence-corrected chi connectivity index (χ3v) is 3.70. The molecule has 0 saturated heterocycles. The molecule has 0 amide bonds. The first kappa shape index (κ1) is 9.91. The van der Waals surface area contributed by atoms with Crippen molar-refractivity contribution in [3.63, 3.8) is 0 Å². The third-order valence-electron chi connectivity index (χ3n) is 3.29. The van der Waals surface area contributed by atoms with Gasteiger partial charge >= 0.3 is 0 Å². The van der Waals surface area contributed by atoms with E-state index in [2.05, 4.69) is 11.1 Å². The van der Waals surface area contributed by atoms with E-state index in [4.69, 9.17) is 11.6 Å². The number of fused-ring (bicyclic) bond motifs is 3. The van der Waals surface area contributed by atoms with Gasteiger partial charge in [-0.05, 0) is 43.0 Å². The maximum atomic E-state index is 11.8. The molecule has 0 spiro atoms. The molecule has 0 bridgehead atoms. The number of carbonyl (C=O) groups excluding carboxylic acids is 1. The van der Waals surface area contributed by atoms with E-state index in [0.717, 1.165) is 40.0 Å². The lowest BCUT2D eigenvalue weighted by atomic mass is 9.94. The summed E-state index contributed by atoms with van der Waals surface area (Å²) in [7, 11) is 0. The molecule has 0 fully saturated rings. The molecule has 1 heterocycles. The Labute approximate surface area is 98.6 Å². The van der Waals surface area contributed by atoms with Crippen molar-refractivity contribution >= 4 is 28.3 Å². The Bertz CT molecular complexity index is 597. The topological polar surface area (TPSA) is 32.9 Å². The molecular weight excluding hydrogens is 222 g/mol. The van der Waals surface area contributed by atoms with Crippen LogP contribution >= 0.6 is 11.6 Å². The first-order valence-electron chi connectivity index (χ1n) is 5.50. The van der Waals surface area contributed by atoms with Crippen molar-refractivity contribution in [2.45, 2.75) is 26.2 Å². The zero-order valence-corrected chi connectivity index (χ0v) is 9.82. The Kier molecular flexibility index (Phi) is 2.08. The fourth-order valence-electron chi connectivity index (χ4n) is 2.43. The van der Waals surface area contributed by atoms with Gasteiger partial charge in [-0.2, -0.15) is 0 Å². The van der Waals surface area contributed by atoms with Crippen LogP contribution in [0.15, 0.2) is 12.1 Å². The second kappa shape index (κ2) is 3.36. The normalized spacial score (nSPS) is 15.5. The summed E-state index contributed by atoms with van der Waals surface area (Å²) in [5, 5.41) is 1.91. The summed E-state index contributed by atoms with van der Waals surface area (Å²) < 4.78 is 0. The zero-order chi connectivity index (χ0) is 11.3. The van der Waals surface area contributed by atoms with Crippen LogP contribution in [0.2, 0.25) is 5.02 Å². The van der Waals surface area contributed by atoms with Crippen LogP contribution in [0, 0.1) is 6.92 Å². The van der Waals surface area contributed by atoms with Gasteiger partial charge in [0.25, 0.3) is 0 Å². The molecule has 1 aromatic heterocycles. The third kappa shape index (κ3) is 1.30. The average Bonchev–Trinajstić information content (AvgIpc) is 2.59. The van der Waals surface area contributed by atoms with Gasteiger partial charge in [-0.25, -0.2) is 0 Å². The lowest BCUT2D eigenvalue weighted by molar-refractivity contribution is 0.0968. The number of aromatic nitrogens is 1. The van der Waals surface area contributed by atoms with Gasteiger partial charge in [0.15, 0.2) is 5.78 Å². The first-order chi connectivity index (χ1) is 7.66. The van der Waals surface area contributed by atoms with Gasteiger partial charge in [0.2, 0.25) is 0 Å². The number of ketones is 1. The van der Waals surface area contributed by atoms with Gasteiger partial charge in [-0.15, -0.1) is 0 Å². The van der Waals surface area contributed by atoms with Crippen LogP contribution in [-0.2, 0) is 6.42 Å². The SMILES string of the molecule is Cc1cc2c3c([nH]c2cc1Cl)C(=O)CCC3. The van der Waals surface area contributed by atoms with Crippen LogP contribution in [0.25, 0.3) is 10.9 Å². The van der Waals surface area contributed by atoms with Gasteiger partial charge in [-0.3, -0.25) is 4.79 Å². The molecule has 1 N–H and O–H groups in total. The highest BCUT2D eigenvalue weighted by atomic mass is 35.5. The molecule has 0 aliphatic heterocycles. The number of nitrogens with one attached hydrogen (secondary N) is 1. The highest BCUT2D eigenvalue weighted by molar-refractivity contribution is 6.32. The molecule has 3 heteroatoms. The molecule has 3 rings (SSSR count). The second-order valence-corrected chi connectivity index (χ2v) is 4.81. The molecule has 1 aromatic carbocycles. The summed E-state index contributed by atoms with van der Waals surface area (Å²) in [5.41, 5.74) is 4.01. The highest BCUT2D eigenvalue weighted by Gasteiger charge is 2.22. The number of aryl methyl sites for hydroxylation is 2. The molecule has 2 nitrogen and oxygen atoms in total. The van der Waals surface area contributed by atoms with E-state index in [1.807, 2.05) is 13.0 Å². The number of H-pyrrole nitrogens is 1. The van der Waals surface area contributed by atoms with Crippen LogP contribution in [0.4, 0.5) is 0 Å². The summed E-state index contributed by atoms with van der Waals surface area (Å²) in [6, 6.07) is 3.99. The lowest BCUT2D eigenvalue weighted by Crippen LogP contribution is -2.09. The molecule has 0 radical (unpaired) electrons. The smallest absolute Gasteiger partial charge is 0.179 e. The Morgan fingerprint density at radius 2 is 2.12 bits per heavy atom. The number of benzene rings is 1. The van der Waals surface area contributed by atoms with Gasteiger partial charge < -0.3 is 4.98 Å². The maximum absolute atomic E-state index is 11.8. The van der Waals surface area contributed by atoms with Crippen LogP contribution < -0.4 is 0 Å². The van der Waals surface area contributed by atoms with Crippen molar-refractivity contribution in [2.24, 2.45) is 0 Å². The van der Waals surface area contributed by atoms with Crippen molar-refractivity contribution in [1.29, 1.82) is 0 Å². The van der Waals surface area contributed by atoms with E-state index in [1.54, 1.807) is 0 Å². The summed E-state index contributed by atoms with van der Waals surface area (Å²) >= 11 is 6.08. The van der Waals surface area contributed by atoms with Gasteiger partial charge in [0, 0.05) is 22.3 Å². The van der Waals surface area contributed by atoms with Crippen LogP contribution in [0.1, 0.15) is 34.5 Å². The van der Waals surface area contributed by atoms with Crippen molar-refractivity contribution in [3.05, 3.63) is 34.0 Å². The van der Waals surface area contributed by atoms with Crippen molar-refractivity contribution in [2.75, 3.05) is 0 Å². The Hall–Kier alpha value is -1.28. The van der Waals surface area contributed by atoms with E-state index in [-0.39, 0.29) is 5.78 Å². The van der Waals surface area contributed by atoms with Crippen LogP contribution in [0.3, 0.4) is 0 Å². The molecule has 2 aromatic rings. The molecule has 16 heavy (non-hydrogen) atoms. The number of aromatic amines is 1. The number of Topliss-reactive ketones (excluding diaryl/α,β-unsaturated/α-hetero) is 1. The Morgan fingerprint density at radius 3 is 2.94 bits per heavy atom.